The summed E-state index contributed by atoms with van der Waals surface area (Å²) >= 11 is 0. The van der Waals surface area contributed by atoms with Crippen molar-refractivity contribution in [2.24, 2.45) is 0 Å². The highest BCUT2D eigenvalue weighted by Crippen LogP contribution is 2.22. The third-order valence-electron chi connectivity index (χ3n) is 2.82. The zero-order valence-corrected chi connectivity index (χ0v) is 12.7. The number of rotatable bonds is 9. The zero-order valence-electron chi connectivity index (χ0n) is 12.7. The van der Waals surface area contributed by atoms with E-state index in [1.165, 1.54) is 0 Å². The van der Waals surface area contributed by atoms with Crippen molar-refractivity contribution in [1.82, 2.24) is 0 Å². The second-order valence-corrected chi connectivity index (χ2v) is 4.86. The number of carbonyl (C=O) groups excluding carboxylic acids is 2. The molecule has 1 atom stereocenters. The number of esters is 2. The Balaban J connectivity index is 4.09. The minimum atomic E-state index is -4.59. The molecule has 4 nitrogen and oxygen atoms in total. The second-order valence-electron chi connectivity index (χ2n) is 4.86. The summed E-state index contributed by atoms with van der Waals surface area (Å²) in [5.74, 6) is -1.64. The van der Waals surface area contributed by atoms with E-state index in [0.717, 1.165) is 32.6 Å². The van der Waals surface area contributed by atoms with Gasteiger partial charge in [0.2, 0.25) is 0 Å². The quantitative estimate of drug-likeness (QED) is 0.608. The molecule has 0 saturated heterocycles. The van der Waals surface area contributed by atoms with Gasteiger partial charge in [-0.3, -0.25) is 9.59 Å². The van der Waals surface area contributed by atoms with Crippen LogP contribution in [0.3, 0.4) is 0 Å². The van der Waals surface area contributed by atoms with Crippen LogP contribution >= 0.6 is 0 Å². The van der Waals surface area contributed by atoms with E-state index in [1.54, 1.807) is 0 Å². The summed E-state index contributed by atoms with van der Waals surface area (Å²) in [6, 6.07) is 0. The summed E-state index contributed by atoms with van der Waals surface area (Å²) in [4.78, 5) is 22.7. The van der Waals surface area contributed by atoms with E-state index < -0.39 is 30.6 Å². The molecule has 0 aromatic heterocycles. The third-order valence-corrected chi connectivity index (χ3v) is 2.82. The van der Waals surface area contributed by atoms with Crippen molar-refractivity contribution in [3.63, 3.8) is 0 Å². The summed E-state index contributed by atoms with van der Waals surface area (Å²) in [5.41, 5.74) is 0. The predicted octanol–water partition coefficient (Wildman–Crippen LogP) is 3.77. The van der Waals surface area contributed by atoms with Crippen LogP contribution in [-0.2, 0) is 19.1 Å². The molecule has 0 aliphatic carbocycles. The second kappa shape index (κ2) is 9.63. The number of halogens is 3. The summed E-state index contributed by atoms with van der Waals surface area (Å²) < 4.78 is 45.9. The van der Waals surface area contributed by atoms with Crippen molar-refractivity contribution in [1.29, 1.82) is 0 Å². The van der Waals surface area contributed by atoms with Gasteiger partial charge in [0.25, 0.3) is 0 Å². The fourth-order valence-electron chi connectivity index (χ4n) is 1.68. The molecule has 0 aliphatic heterocycles. The molecule has 0 radical (unpaired) electrons. The molecule has 7 heteroatoms. The Hall–Kier alpha value is -1.27. The lowest BCUT2D eigenvalue weighted by atomic mass is 10.1. The van der Waals surface area contributed by atoms with Gasteiger partial charge in [0.05, 0.1) is 12.8 Å². The normalized spacial score (nSPS) is 13.1. The van der Waals surface area contributed by atoms with E-state index in [4.69, 9.17) is 4.74 Å². The van der Waals surface area contributed by atoms with Gasteiger partial charge in [0, 0.05) is 0 Å². The van der Waals surface area contributed by atoms with Crippen molar-refractivity contribution < 1.29 is 32.2 Å². The van der Waals surface area contributed by atoms with Gasteiger partial charge in [-0.2, -0.15) is 13.2 Å². The van der Waals surface area contributed by atoms with Crippen molar-refractivity contribution in [2.75, 3.05) is 0 Å². The topological polar surface area (TPSA) is 52.6 Å². The van der Waals surface area contributed by atoms with Gasteiger partial charge in [-0.25, -0.2) is 0 Å². The van der Waals surface area contributed by atoms with Crippen LogP contribution in [0.4, 0.5) is 13.2 Å². The molecule has 0 saturated carbocycles. The van der Waals surface area contributed by atoms with Gasteiger partial charge >= 0.3 is 18.1 Å². The molecule has 0 aromatic rings. The Morgan fingerprint density at radius 1 is 0.952 bits per heavy atom. The van der Waals surface area contributed by atoms with E-state index in [0.29, 0.717) is 0 Å². The summed E-state index contributed by atoms with van der Waals surface area (Å²) in [7, 11) is 0. The Bertz CT molecular complexity index is 323. The van der Waals surface area contributed by atoms with Crippen LogP contribution in [0.25, 0.3) is 0 Å². The molecule has 124 valence electrons. The molecular weight excluding hydrogens is 289 g/mol. The molecule has 0 rings (SSSR count). The Morgan fingerprint density at radius 2 is 1.38 bits per heavy atom. The molecule has 1 unspecified atom stereocenters. The summed E-state index contributed by atoms with van der Waals surface area (Å²) in [6.07, 6.45) is -4.45. The molecular formula is C14H23F3O4. The van der Waals surface area contributed by atoms with Crippen molar-refractivity contribution in [3.8, 4) is 0 Å². The van der Waals surface area contributed by atoms with Crippen LogP contribution in [0.5, 0.6) is 0 Å². The van der Waals surface area contributed by atoms with Crippen LogP contribution in [0.15, 0.2) is 0 Å². The molecule has 0 bridgehead atoms. The Morgan fingerprint density at radius 3 is 1.76 bits per heavy atom. The molecule has 0 amide bonds. The van der Waals surface area contributed by atoms with Crippen LogP contribution in [-0.4, -0.2) is 30.3 Å². The van der Waals surface area contributed by atoms with Crippen molar-refractivity contribution >= 4 is 11.9 Å². The maximum Gasteiger partial charge on any atom is 0.425 e. The van der Waals surface area contributed by atoms with Gasteiger partial charge in [-0.05, 0) is 19.8 Å². The average molecular weight is 312 g/mol. The SMILES string of the molecule is CCCC(CCC)OC(=O)CCC(=O)OC(C)C(F)(F)F. The number of hydrogen-bond acceptors (Lipinski definition) is 4. The molecule has 21 heavy (non-hydrogen) atoms. The lowest BCUT2D eigenvalue weighted by Gasteiger charge is -2.17. The van der Waals surface area contributed by atoms with Crippen molar-refractivity contribution in [3.05, 3.63) is 0 Å². The first-order chi connectivity index (χ1) is 9.70. The lowest BCUT2D eigenvalue weighted by molar-refractivity contribution is -0.216. The summed E-state index contributed by atoms with van der Waals surface area (Å²) in [6.45, 7) is 4.67. The largest absolute Gasteiger partial charge is 0.462 e. The molecule has 0 heterocycles. The van der Waals surface area contributed by atoms with Gasteiger partial charge in [-0.1, -0.05) is 26.7 Å². The summed E-state index contributed by atoms with van der Waals surface area (Å²) in [5, 5.41) is 0. The Labute approximate surface area is 123 Å². The molecule has 0 spiro atoms. The van der Waals surface area contributed by atoms with E-state index in [-0.39, 0.29) is 12.5 Å². The van der Waals surface area contributed by atoms with Crippen LogP contribution in [0.2, 0.25) is 0 Å². The fraction of sp³-hybridized carbons (Fsp3) is 0.857. The number of carbonyl (C=O) groups is 2. The van der Waals surface area contributed by atoms with E-state index in [1.807, 2.05) is 13.8 Å². The first-order valence-corrected chi connectivity index (χ1v) is 7.16. The standard InChI is InChI=1S/C14H23F3O4/c1-4-6-11(7-5-2)21-13(19)9-8-12(18)20-10(3)14(15,16)17/h10-11H,4-9H2,1-3H3. The highest BCUT2D eigenvalue weighted by Gasteiger charge is 2.39. The lowest BCUT2D eigenvalue weighted by Crippen LogP contribution is -2.31. The Kier molecular flexibility index (Phi) is 9.05. The average Bonchev–Trinajstić information content (AvgIpc) is 2.36. The van der Waals surface area contributed by atoms with Gasteiger partial charge < -0.3 is 9.47 Å². The van der Waals surface area contributed by atoms with Gasteiger partial charge in [0.15, 0.2) is 6.10 Å². The monoisotopic (exact) mass is 312 g/mol. The van der Waals surface area contributed by atoms with Crippen LogP contribution < -0.4 is 0 Å². The van der Waals surface area contributed by atoms with E-state index >= 15 is 0 Å². The van der Waals surface area contributed by atoms with Gasteiger partial charge in [-0.15, -0.1) is 0 Å². The number of ether oxygens (including phenoxy) is 2. The fourth-order valence-corrected chi connectivity index (χ4v) is 1.68. The first kappa shape index (κ1) is 19.7. The zero-order chi connectivity index (χ0) is 16.5. The maximum absolute atomic E-state index is 12.2. The molecule has 0 fully saturated rings. The molecule has 0 aliphatic rings. The predicted molar refractivity (Wildman–Crippen MR) is 70.5 cm³/mol. The molecule has 0 aromatic carbocycles. The highest BCUT2D eigenvalue weighted by molar-refractivity contribution is 5.77. The highest BCUT2D eigenvalue weighted by atomic mass is 19.4. The van der Waals surface area contributed by atoms with E-state index in [9.17, 15) is 22.8 Å². The number of hydrogen-bond donors (Lipinski definition) is 0. The number of alkyl halides is 3. The molecule has 0 N–H and O–H groups in total. The minimum Gasteiger partial charge on any atom is -0.462 e. The first-order valence-electron chi connectivity index (χ1n) is 7.16. The van der Waals surface area contributed by atoms with E-state index in [2.05, 4.69) is 4.74 Å². The third kappa shape index (κ3) is 9.31. The smallest absolute Gasteiger partial charge is 0.425 e. The van der Waals surface area contributed by atoms with Gasteiger partial charge in [0.1, 0.15) is 6.10 Å². The van der Waals surface area contributed by atoms with Crippen LogP contribution in [0, 0.1) is 0 Å². The minimum absolute atomic E-state index is 0.197. The maximum atomic E-state index is 12.2. The van der Waals surface area contributed by atoms with Crippen molar-refractivity contribution in [2.45, 2.75) is 77.7 Å². The van der Waals surface area contributed by atoms with Crippen LogP contribution in [0.1, 0.15) is 59.3 Å².